The average molecular weight is 242 g/mol. The molecule has 2 heterocycles. The Morgan fingerprint density at radius 3 is 2.56 bits per heavy atom. The van der Waals surface area contributed by atoms with Crippen LogP contribution in [0.1, 0.15) is 37.6 Å². The van der Waals surface area contributed by atoms with Crippen molar-refractivity contribution in [2.75, 3.05) is 0 Å². The Labute approximate surface area is 107 Å². The molecule has 0 spiro atoms. The highest BCUT2D eigenvalue weighted by Gasteiger charge is 2.20. The van der Waals surface area contributed by atoms with Crippen LogP contribution < -0.4 is 0 Å². The fourth-order valence-corrected chi connectivity index (χ4v) is 1.80. The van der Waals surface area contributed by atoms with Gasteiger partial charge >= 0.3 is 0 Å². The van der Waals surface area contributed by atoms with E-state index in [1.807, 2.05) is 30.1 Å². The maximum Gasteiger partial charge on any atom is 0.0750 e. The zero-order chi connectivity index (χ0) is 13.2. The van der Waals surface area contributed by atoms with Crippen LogP contribution in [0.2, 0.25) is 0 Å². The van der Waals surface area contributed by atoms with Crippen LogP contribution in [0.5, 0.6) is 0 Å². The first-order valence-electron chi connectivity index (χ1n) is 5.96. The first-order chi connectivity index (χ1) is 8.47. The summed E-state index contributed by atoms with van der Waals surface area (Å²) < 4.78 is 1.85. The molecule has 0 N–H and O–H groups in total. The Morgan fingerprint density at radius 1 is 1.17 bits per heavy atom. The third-order valence-corrected chi connectivity index (χ3v) is 2.63. The van der Waals surface area contributed by atoms with Crippen LogP contribution in [0.25, 0.3) is 12.2 Å². The maximum absolute atomic E-state index is 4.53. The molecule has 0 aromatic carbocycles. The molecule has 0 unspecified atom stereocenters. The largest absolute Gasteiger partial charge is 0.275 e. The van der Waals surface area contributed by atoms with E-state index < -0.39 is 0 Å². The van der Waals surface area contributed by atoms with E-state index in [0.29, 0.717) is 0 Å². The Kier molecular flexibility index (Phi) is 3.28. The Hall–Kier alpha value is -1.97. The summed E-state index contributed by atoms with van der Waals surface area (Å²) in [7, 11) is 1.95. The van der Waals surface area contributed by atoms with Gasteiger partial charge < -0.3 is 0 Å². The van der Waals surface area contributed by atoms with Crippen molar-refractivity contribution in [1.82, 2.24) is 20.0 Å². The number of aryl methyl sites for hydroxylation is 1. The fraction of sp³-hybridized carbons (Fsp3) is 0.357. The van der Waals surface area contributed by atoms with Crippen LogP contribution in [-0.2, 0) is 12.5 Å². The average Bonchev–Trinajstić information content (AvgIpc) is 2.69. The molecule has 0 aliphatic rings. The zero-order valence-electron chi connectivity index (χ0n) is 11.3. The molecule has 2 aromatic rings. The lowest BCUT2D eigenvalue weighted by Crippen LogP contribution is -2.13. The van der Waals surface area contributed by atoms with Crippen molar-refractivity contribution in [3.8, 4) is 0 Å². The summed E-state index contributed by atoms with van der Waals surface area (Å²) in [6.45, 7) is 6.50. The van der Waals surface area contributed by atoms with Crippen molar-refractivity contribution in [2.45, 2.75) is 26.2 Å². The number of rotatable bonds is 2. The van der Waals surface area contributed by atoms with Crippen molar-refractivity contribution in [1.29, 1.82) is 0 Å². The lowest BCUT2D eigenvalue weighted by atomic mass is 9.89. The molecule has 0 saturated carbocycles. The summed E-state index contributed by atoms with van der Waals surface area (Å²) in [6.07, 6.45) is 9.56. The molecular weight excluding hydrogens is 224 g/mol. The quantitative estimate of drug-likeness (QED) is 0.813. The van der Waals surface area contributed by atoms with Crippen molar-refractivity contribution in [3.05, 3.63) is 41.5 Å². The second-order valence-electron chi connectivity index (χ2n) is 5.37. The zero-order valence-corrected chi connectivity index (χ0v) is 11.3. The number of nitrogens with zero attached hydrogens (tertiary/aromatic N) is 4. The molecule has 0 radical (unpaired) electrons. The smallest absolute Gasteiger partial charge is 0.0750 e. The maximum atomic E-state index is 4.53. The molecule has 94 valence electrons. The van der Waals surface area contributed by atoms with Crippen molar-refractivity contribution < 1.29 is 0 Å². The van der Waals surface area contributed by atoms with Gasteiger partial charge in [0.1, 0.15) is 0 Å². The SMILES string of the molecule is Cn1cc(/C=C/c2ccnnc2)c(C(C)(C)C)n1. The van der Waals surface area contributed by atoms with E-state index in [2.05, 4.69) is 42.1 Å². The first-order valence-corrected chi connectivity index (χ1v) is 5.96. The van der Waals surface area contributed by atoms with Crippen LogP contribution in [0.3, 0.4) is 0 Å². The van der Waals surface area contributed by atoms with Crippen LogP contribution in [0.15, 0.2) is 24.7 Å². The highest BCUT2D eigenvalue weighted by Crippen LogP contribution is 2.25. The Balaban J connectivity index is 2.32. The molecule has 0 atom stereocenters. The van der Waals surface area contributed by atoms with Crippen molar-refractivity contribution in [3.63, 3.8) is 0 Å². The highest BCUT2D eigenvalue weighted by atomic mass is 15.3. The van der Waals surface area contributed by atoms with E-state index in [4.69, 9.17) is 0 Å². The predicted molar refractivity (Wildman–Crippen MR) is 72.9 cm³/mol. The van der Waals surface area contributed by atoms with Gasteiger partial charge in [-0.15, -0.1) is 0 Å². The van der Waals surface area contributed by atoms with Crippen LogP contribution in [-0.4, -0.2) is 20.0 Å². The Morgan fingerprint density at radius 2 is 1.94 bits per heavy atom. The minimum atomic E-state index is 0.0391. The number of hydrogen-bond donors (Lipinski definition) is 0. The first kappa shape index (κ1) is 12.5. The molecule has 4 heteroatoms. The van der Waals surface area contributed by atoms with E-state index in [1.54, 1.807) is 12.4 Å². The van der Waals surface area contributed by atoms with Gasteiger partial charge in [-0.2, -0.15) is 15.3 Å². The fourth-order valence-electron chi connectivity index (χ4n) is 1.80. The molecule has 2 aromatic heterocycles. The number of hydrogen-bond acceptors (Lipinski definition) is 3. The third-order valence-electron chi connectivity index (χ3n) is 2.63. The van der Waals surface area contributed by atoms with Gasteiger partial charge in [0, 0.05) is 24.2 Å². The minimum Gasteiger partial charge on any atom is -0.275 e. The molecular formula is C14H18N4. The normalized spacial score (nSPS) is 12.2. The van der Waals surface area contributed by atoms with Crippen molar-refractivity contribution >= 4 is 12.2 Å². The molecule has 0 aliphatic carbocycles. The molecule has 4 nitrogen and oxygen atoms in total. The molecule has 0 bridgehead atoms. The van der Waals surface area contributed by atoms with Gasteiger partial charge in [-0.3, -0.25) is 4.68 Å². The monoisotopic (exact) mass is 242 g/mol. The van der Waals surface area contributed by atoms with E-state index >= 15 is 0 Å². The predicted octanol–water partition coefficient (Wildman–Crippen LogP) is 2.68. The van der Waals surface area contributed by atoms with E-state index in [0.717, 1.165) is 16.8 Å². The van der Waals surface area contributed by atoms with Crippen LogP contribution in [0.4, 0.5) is 0 Å². The summed E-state index contributed by atoms with van der Waals surface area (Å²) in [5.41, 5.74) is 3.32. The lowest BCUT2D eigenvalue weighted by Gasteiger charge is -2.16. The minimum absolute atomic E-state index is 0.0391. The summed E-state index contributed by atoms with van der Waals surface area (Å²) in [6, 6.07) is 1.93. The molecule has 2 rings (SSSR count). The molecule has 18 heavy (non-hydrogen) atoms. The summed E-state index contributed by atoms with van der Waals surface area (Å²) in [5.74, 6) is 0. The lowest BCUT2D eigenvalue weighted by molar-refractivity contribution is 0.552. The van der Waals surface area contributed by atoms with E-state index in [9.17, 15) is 0 Å². The van der Waals surface area contributed by atoms with Gasteiger partial charge in [0.2, 0.25) is 0 Å². The second-order valence-corrected chi connectivity index (χ2v) is 5.37. The molecule has 0 saturated heterocycles. The Bertz CT molecular complexity index is 547. The molecule has 0 amide bonds. The van der Waals surface area contributed by atoms with Gasteiger partial charge in [0.15, 0.2) is 0 Å². The van der Waals surface area contributed by atoms with E-state index in [-0.39, 0.29) is 5.41 Å². The van der Waals surface area contributed by atoms with E-state index in [1.165, 1.54) is 0 Å². The topological polar surface area (TPSA) is 43.6 Å². The molecule has 0 aliphatic heterocycles. The van der Waals surface area contributed by atoms with Crippen LogP contribution >= 0.6 is 0 Å². The standard InChI is InChI=1S/C14H18N4/c1-14(2,3)13-12(10-18(4)17-13)6-5-11-7-8-15-16-9-11/h5-10H,1-4H3/b6-5+. The highest BCUT2D eigenvalue weighted by molar-refractivity contribution is 5.70. The second kappa shape index (κ2) is 4.72. The van der Waals surface area contributed by atoms with Crippen LogP contribution in [0, 0.1) is 0 Å². The summed E-state index contributed by atoms with van der Waals surface area (Å²) in [5, 5.41) is 12.1. The number of aromatic nitrogens is 4. The van der Waals surface area contributed by atoms with Gasteiger partial charge in [-0.1, -0.05) is 32.9 Å². The third kappa shape index (κ3) is 2.83. The van der Waals surface area contributed by atoms with Gasteiger partial charge in [-0.05, 0) is 11.6 Å². The van der Waals surface area contributed by atoms with Gasteiger partial charge in [-0.25, -0.2) is 0 Å². The summed E-state index contributed by atoms with van der Waals surface area (Å²) >= 11 is 0. The summed E-state index contributed by atoms with van der Waals surface area (Å²) in [4.78, 5) is 0. The van der Waals surface area contributed by atoms with Gasteiger partial charge in [0.25, 0.3) is 0 Å². The van der Waals surface area contributed by atoms with Crippen molar-refractivity contribution in [2.24, 2.45) is 7.05 Å². The van der Waals surface area contributed by atoms with Gasteiger partial charge in [0.05, 0.1) is 18.1 Å². The molecule has 0 fully saturated rings.